The third-order valence-electron chi connectivity index (χ3n) is 4.01. The Labute approximate surface area is 111 Å². The first-order valence-electron chi connectivity index (χ1n) is 7.08. The molecule has 0 saturated carbocycles. The average Bonchev–Trinajstić information content (AvgIpc) is 2.36. The van der Waals surface area contributed by atoms with Crippen molar-refractivity contribution in [2.75, 3.05) is 19.7 Å². The molecule has 100 valence electrons. The maximum Gasteiger partial charge on any atom is 0.122 e. The van der Waals surface area contributed by atoms with Crippen LogP contribution in [0.4, 0.5) is 0 Å². The standard InChI is InChI=1S/C16H25NO/c1-12-10-13(2)14(3)16(11-12)18-9-6-15-4-7-17-8-5-15/h10-11,15,17H,4-9H2,1-3H3. The molecule has 18 heavy (non-hydrogen) atoms. The minimum absolute atomic E-state index is 0.845. The average molecular weight is 247 g/mol. The van der Waals surface area contributed by atoms with Gasteiger partial charge in [-0.3, -0.25) is 0 Å². The molecule has 1 aromatic rings. The van der Waals surface area contributed by atoms with Gasteiger partial charge in [0.05, 0.1) is 6.61 Å². The fourth-order valence-corrected chi connectivity index (χ4v) is 2.66. The predicted octanol–water partition coefficient (Wildman–Crippen LogP) is 3.38. The molecule has 1 aliphatic heterocycles. The first-order chi connectivity index (χ1) is 8.66. The van der Waals surface area contributed by atoms with Crippen LogP contribution in [0.5, 0.6) is 5.75 Å². The van der Waals surface area contributed by atoms with Crippen LogP contribution in [0.3, 0.4) is 0 Å². The molecule has 2 nitrogen and oxygen atoms in total. The van der Waals surface area contributed by atoms with Crippen LogP contribution in [0, 0.1) is 26.7 Å². The van der Waals surface area contributed by atoms with E-state index in [0.717, 1.165) is 18.3 Å². The minimum Gasteiger partial charge on any atom is -0.493 e. The quantitative estimate of drug-likeness (QED) is 0.880. The topological polar surface area (TPSA) is 21.3 Å². The molecule has 0 aromatic heterocycles. The summed E-state index contributed by atoms with van der Waals surface area (Å²) in [5, 5.41) is 3.41. The van der Waals surface area contributed by atoms with Gasteiger partial charge in [0, 0.05) is 0 Å². The van der Waals surface area contributed by atoms with Crippen molar-refractivity contribution in [2.45, 2.75) is 40.0 Å². The van der Waals surface area contributed by atoms with E-state index in [-0.39, 0.29) is 0 Å². The molecule has 0 aliphatic carbocycles. The van der Waals surface area contributed by atoms with Gasteiger partial charge in [-0.15, -0.1) is 0 Å². The van der Waals surface area contributed by atoms with E-state index >= 15 is 0 Å². The highest BCUT2D eigenvalue weighted by atomic mass is 16.5. The smallest absolute Gasteiger partial charge is 0.122 e. The number of nitrogens with one attached hydrogen (secondary N) is 1. The lowest BCUT2D eigenvalue weighted by Gasteiger charge is -2.22. The van der Waals surface area contributed by atoms with Crippen molar-refractivity contribution < 1.29 is 4.74 Å². The molecule has 1 saturated heterocycles. The summed E-state index contributed by atoms with van der Waals surface area (Å²) in [6.45, 7) is 9.64. The number of piperidine rings is 1. The monoisotopic (exact) mass is 247 g/mol. The zero-order valence-electron chi connectivity index (χ0n) is 11.9. The van der Waals surface area contributed by atoms with Gasteiger partial charge in [-0.2, -0.15) is 0 Å². The van der Waals surface area contributed by atoms with Crippen LogP contribution < -0.4 is 10.1 Å². The molecular weight excluding hydrogens is 222 g/mol. The van der Waals surface area contributed by atoms with Crippen molar-refractivity contribution in [1.82, 2.24) is 5.32 Å². The summed E-state index contributed by atoms with van der Waals surface area (Å²) >= 11 is 0. The summed E-state index contributed by atoms with van der Waals surface area (Å²) in [5.74, 6) is 1.92. The van der Waals surface area contributed by atoms with E-state index in [0.29, 0.717) is 0 Å². The molecule has 0 bridgehead atoms. The zero-order chi connectivity index (χ0) is 13.0. The highest BCUT2D eigenvalue weighted by Crippen LogP contribution is 2.24. The summed E-state index contributed by atoms with van der Waals surface area (Å²) in [6, 6.07) is 4.37. The van der Waals surface area contributed by atoms with E-state index in [1.807, 2.05) is 0 Å². The maximum atomic E-state index is 5.98. The first-order valence-corrected chi connectivity index (χ1v) is 7.08. The molecule has 0 spiro atoms. The second-order valence-corrected chi connectivity index (χ2v) is 5.54. The van der Waals surface area contributed by atoms with Crippen LogP contribution in [-0.2, 0) is 0 Å². The van der Waals surface area contributed by atoms with Gasteiger partial charge >= 0.3 is 0 Å². The molecule has 1 heterocycles. The van der Waals surface area contributed by atoms with E-state index in [1.54, 1.807) is 0 Å². The summed E-state index contributed by atoms with van der Waals surface area (Å²) in [7, 11) is 0. The predicted molar refractivity (Wildman–Crippen MR) is 76.4 cm³/mol. The van der Waals surface area contributed by atoms with Gasteiger partial charge in [0.25, 0.3) is 0 Å². The number of hydrogen-bond acceptors (Lipinski definition) is 2. The third kappa shape index (κ3) is 3.49. The van der Waals surface area contributed by atoms with Gasteiger partial charge < -0.3 is 10.1 Å². The Balaban J connectivity index is 1.86. The van der Waals surface area contributed by atoms with E-state index in [4.69, 9.17) is 4.74 Å². The first kappa shape index (κ1) is 13.4. The van der Waals surface area contributed by atoms with Crippen molar-refractivity contribution >= 4 is 0 Å². The number of hydrogen-bond donors (Lipinski definition) is 1. The number of aryl methyl sites for hydroxylation is 2. The molecule has 1 aliphatic rings. The fraction of sp³-hybridized carbons (Fsp3) is 0.625. The maximum absolute atomic E-state index is 5.98. The van der Waals surface area contributed by atoms with Crippen molar-refractivity contribution in [3.8, 4) is 5.75 Å². The lowest BCUT2D eigenvalue weighted by Crippen LogP contribution is -2.28. The number of rotatable bonds is 4. The largest absolute Gasteiger partial charge is 0.493 e. The Kier molecular flexibility index (Phi) is 4.65. The van der Waals surface area contributed by atoms with Gasteiger partial charge in [-0.25, -0.2) is 0 Å². The zero-order valence-corrected chi connectivity index (χ0v) is 11.9. The molecule has 0 atom stereocenters. The van der Waals surface area contributed by atoms with Gasteiger partial charge in [-0.1, -0.05) is 6.07 Å². The van der Waals surface area contributed by atoms with Crippen LogP contribution >= 0.6 is 0 Å². The molecule has 0 amide bonds. The molecule has 1 aromatic carbocycles. The molecule has 0 radical (unpaired) electrons. The van der Waals surface area contributed by atoms with Gasteiger partial charge in [0.1, 0.15) is 5.75 Å². The lowest BCUT2D eigenvalue weighted by atomic mass is 9.95. The number of ether oxygens (including phenoxy) is 1. The molecule has 1 fully saturated rings. The second kappa shape index (κ2) is 6.24. The van der Waals surface area contributed by atoms with Crippen LogP contribution in [0.1, 0.15) is 36.0 Å². The van der Waals surface area contributed by atoms with Crippen molar-refractivity contribution in [3.05, 3.63) is 28.8 Å². The molecule has 2 rings (SSSR count). The van der Waals surface area contributed by atoms with Crippen molar-refractivity contribution in [3.63, 3.8) is 0 Å². The molecule has 0 unspecified atom stereocenters. The normalized spacial score (nSPS) is 16.8. The molecule has 1 N–H and O–H groups in total. The Hall–Kier alpha value is -1.02. The summed E-state index contributed by atoms with van der Waals surface area (Å²) in [4.78, 5) is 0. The molecule has 2 heteroatoms. The minimum atomic E-state index is 0.845. The summed E-state index contributed by atoms with van der Waals surface area (Å²) in [6.07, 6.45) is 3.79. The highest BCUT2D eigenvalue weighted by molar-refractivity contribution is 5.41. The summed E-state index contributed by atoms with van der Waals surface area (Å²) < 4.78 is 5.98. The van der Waals surface area contributed by atoms with E-state index < -0.39 is 0 Å². The van der Waals surface area contributed by atoms with Gasteiger partial charge in [0.15, 0.2) is 0 Å². The number of benzene rings is 1. The summed E-state index contributed by atoms with van der Waals surface area (Å²) in [5.41, 5.74) is 3.90. The Bertz CT molecular complexity index is 394. The Morgan fingerprint density at radius 3 is 2.61 bits per heavy atom. The van der Waals surface area contributed by atoms with Gasteiger partial charge in [-0.05, 0) is 81.8 Å². The Morgan fingerprint density at radius 2 is 1.89 bits per heavy atom. The van der Waals surface area contributed by atoms with Crippen LogP contribution in [0.25, 0.3) is 0 Å². The van der Waals surface area contributed by atoms with E-state index in [9.17, 15) is 0 Å². The van der Waals surface area contributed by atoms with Crippen LogP contribution in [0.2, 0.25) is 0 Å². The third-order valence-corrected chi connectivity index (χ3v) is 4.01. The van der Waals surface area contributed by atoms with E-state index in [1.165, 1.54) is 49.0 Å². The highest BCUT2D eigenvalue weighted by Gasteiger charge is 2.13. The lowest BCUT2D eigenvalue weighted by molar-refractivity contribution is 0.250. The fourth-order valence-electron chi connectivity index (χ4n) is 2.66. The van der Waals surface area contributed by atoms with Crippen molar-refractivity contribution in [1.29, 1.82) is 0 Å². The van der Waals surface area contributed by atoms with Crippen LogP contribution in [0.15, 0.2) is 12.1 Å². The van der Waals surface area contributed by atoms with Crippen molar-refractivity contribution in [2.24, 2.45) is 5.92 Å². The Morgan fingerprint density at radius 1 is 1.17 bits per heavy atom. The van der Waals surface area contributed by atoms with Gasteiger partial charge in [0.2, 0.25) is 0 Å². The van der Waals surface area contributed by atoms with Crippen LogP contribution in [-0.4, -0.2) is 19.7 Å². The SMILES string of the molecule is Cc1cc(C)c(C)c(OCCC2CCNCC2)c1. The second-order valence-electron chi connectivity index (χ2n) is 5.54. The molecular formula is C16H25NO. The van der Waals surface area contributed by atoms with E-state index in [2.05, 4.69) is 38.2 Å².